The first kappa shape index (κ1) is 18.2. The quantitative estimate of drug-likeness (QED) is 0.753. The number of hydrogen-bond acceptors (Lipinski definition) is 6. The van der Waals surface area contributed by atoms with Gasteiger partial charge in [0.2, 0.25) is 11.0 Å². The van der Waals surface area contributed by atoms with Gasteiger partial charge in [0, 0.05) is 6.08 Å². The van der Waals surface area contributed by atoms with E-state index in [1.807, 2.05) is 13.8 Å². The van der Waals surface area contributed by atoms with Gasteiger partial charge in [-0.1, -0.05) is 29.9 Å². The molecule has 2 rings (SSSR count). The SMILES string of the molecule is CCOc1cc(C=CC(=O)Nc2nnc(CC)s2)cc(Cl)c1OC. The molecule has 0 saturated heterocycles. The maximum atomic E-state index is 12.0. The standard InChI is InChI=1S/C16H18ClN3O3S/c1-4-14-19-20-16(24-14)18-13(21)7-6-10-8-11(17)15(22-3)12(9-10)23-5-2/h6-9H,4-5H2,1-3H3,(H,18,20,21). The van der Waals surface area contributed by atoms with Gasteiger partial charge in [0.05, 0.1) is 18.7 Å². The number of ether oxygens (including phenoxy) is 2. The van der Waals surface area contributed by atoms with Crippen LogP contribution in [0.1, 0.15) is 24.4 Å². The van der Waals surface area contributed by atoms with Gasteiger partial charge in [-0.15, -0.1) is 10.2 Å². The lowest BCUT2D eigenvalue weighted by Crippen LogP contribution is -2.07. The molecule has 1 amide bonds. The maximum Gasteiger partial charge on any atom is 0.250 e. The predicted molar refractivity (Wildman–Crippen MR) is 96.1 cm³/mol. The number of rotatable bonds is 7. The van der Waals surface area contributed by atoms with Crippen molar-refractivity contribution in [3.05, 3.63) is 33.8 Å². The first-order valence-corrected chi connectivity index (χ1v) is 8.58. The molecule has 0 radical (unpaired) electrons. The fourth-order valence-corrected chi connectivity index (χ4v) is 2.89. The van der Waals surface area contributed by atoms with E-state index in [1.54, 1.807) is 18.2 Å². The zero-order valence-electron chi connectivity index (χ0n) is 13.6. The molecule has 24 heavy (non-hydrogen) atoms. The Morgan fingerprint density at radius 2 is 2.17 bits per heavy atom. The number of hydrogen-bond donors (Lipinski definition) is 1. The summed E-state index contributed by atoms with van der Waals surface area (Å²) in [6.07, 6.45) is 3.83. The fourth-order valence-electron chi connectivity index (χ4n) is 1.91. The Bertz CT molecular complexity index is 746. The normalized spacial score (nSPS) is 10.8. The smallest absolute Gasteiger partial charge is 0.250 e. The number of nitrogens with one attached hydrogen (secondary N) is 1. The molecule has 0 aliphatic rings. The summed E-state index contributed by atoms with van der Waals surface area (Å²) in [6.45, 7) is 4.34. The van der Waals surface area contributed by atoms with Crippen LogP contribution in [0.2, 0.25) is 5.02 Å². The first-order valence-electron chi connectivity index (χ1n) is 7.39. The van der Waals surface area contributed by atoms with E-state index >= 15 is 0 Å². The average molecular weight is 368 g/mol. The van der Waals surface area contributed by atoms with Crippen LogP contribution in [0.3, 0.4) is 0 Å². The van der Waals surface area contributed by atoms with Crippen LogP contribution in [-0.4, -0.2) is 29.8 Å². The van der Waals surface area contributed by atoms with E-state index in [0.717, 1.165) is 17.0 Å². The van der Waals surface area contributed by atoms with Gasteiger partial charge in [-0.25, -0.2) is 0 Å². The van der Waals surface area contributed by atoms with Gasteiger partial charge in [0.25, 0.3) is 0 Å². The average Bonchev–Trinajstić information content (AvgIpc) is 3.00. The van der Waals surface area contributed by atoms with Crippen molar-refractivity contribution in [1.82, 2.24) is 10.2 Å². The molecule has 1 N–H and O–H groups in total. The van der Waals surface area contributed by atoms with Gasteiger partial charge < -0.3 is 9.47 Å². The molecule has 0 bridgehead atoms. The molecule has 1 aromatic heterocycles. The third-order valence-electron chi connectivity index (χ3n) is 2.96. The lowest BCUT2D eigenvalue weighted by Gasteiger charge is -2.11. The van der Waals surface area contributed by atoms with Crippen molar-refractivity contribution >= 4 is 40.1 Å². The van der Waals surface area contributed by atoms with Crippen LogP contribution in [0.15, 0.2) is 18.2 Å². The van der Waals surface area contributed by atoms with Gasteiger partial charge >= 0.3 is 0 Å². The summed E-state index contributed by atoms with van der Waals surface area (Å²) in [7, 11) is 1.53. The van der Waals surface area contributed by atoms with Gasteiger partial charge in [-0.3, -0.25) is 10.1 Å². The summed E-state index contributed by atoms with van der Waals surface area (Å²) in [5.41, 5.74) is 0.728. The third-order valence-corrected chi connectivity index (χ3v) is 4.23. The molecule has 128 valence electrons. The second-order valence-electron chi connectivity index (χ2n) is 4.64. The third kappa shape index (κ3) is 4.69. The van der Waals surface area contributed by atoms with E-state index < -0.39 is 0 Å². The summed E-state index contributed by atoms with van der Waals surface area (Å²) in [5.74, 6) is 0.712. The molecule has 0 spiro atoms. The van der Waals surface area contributed by atoms with Crippen molar-refractivity contribution in [2.75, 3.05) is 19.0 Å². The Kier molecular flexibility index (Phi) is 6.57. The number of methoxy groups -OCH3 is 1. The maximum absolute atomic E-state index is 12.0. The van der Waals surface area contributed by atoms with Gasteiger partial charge in [0.15, 0.2) is 11.5 Å². The predicted octanol–water partition coefficient (Wildman–Crippen LogP) is 3.81. The zero-order valence-corrected chi connectivity index (χ0v) is 15.2. The number of nitrogens with zero attached hydrogens (tertiary/aromatic N) is 2. The second-order valence-corrected chi connectivity index (χ2v) is 6.11. The van der Waals surface area contributed by atoms with Crippen LogP contribution in [0.5, 0.6) is 11.5 Å². The minimum atomic E-state index is -0.293. The fraction of sp³-hybridized carbons (Fsp3) is 0.312. The number of benzene rings is 1. The topological polar surface area (TPSA) is 73.3 Å². The Hall–Kier alpha value is -2.12. The molecule has 6 nitrogen and oxygen atoms in total. The lowest BCUT2D eigenvalue weighted by molar-refractivity contribution is -0.111. The second kappa shape index (κ2) is 8.65. The largest absolute Gasteiger partial charge is 0.491 e. The number of aryl methyl sites for hydroxylation is 1. The number of aromatic nitrogens is 2. The highest BCUT2D eigenvalue weighted by atomic mass is 35.5. The van der Waals surface area contributed by atoms with Gasteiger partial charge in [-0.2, -0.15) is 0 Å². The zero-order chi connectivity index (χ0) is 17.5. The van der Waals surface area contributed by atoms with E-state index in [9.17, 15) is 4.79 Å². The minimum Gasteiger partial charge on any atom is -0.491 e. The van der Waals surface area contributed by atoms with E-state index in [1.165, 1.54) is 24.5 Å². The molecule has 8 heteroatoms. The summed E-state index contributed by atoms with van der Waals surface area (Å²) < 4.78 is 10.7. The van der Waals surface area contributed by atoms with Crippen LogP contribution in [0.25, 0.3) is 6.08 Å². The van der Waals surface area contributed by atoms with Gasteiger partial charge in [0.1, 0.15) is 5.01 Å². The molecule has 1 heterocycles. The van der Waals surface area contributed by atoms with Crippen molar-refractivity contribution in [3.63, 3.8) is 0 Å². The number of halogens is 1. The molecule has 0 saturated carbocycles. The molecule has 0 fully saturated rings. The molecule has 1 aromatic carbocycles. The van der Waals surface area contributed by atoms with Crippen molar-refractivity contribution in [2.45, 2.75) is 20.3 Å². The Morgan fingerprint density at radius 1 is 1.38 bits per heavy atom. The number of carbonyl (C=O) groups is 1. The van der Waals surface area contributed by atoms with Crippen molar-refractivity contribution in [2.24, 2.45) is 0 Å². The highest BCUT2D eigenvalue weighted by molar-refractivity contribution is 7.15. The van der Waals surface area contributed by atoms with Crippen molar-refractivity contribution in [3.8, 4) is 11.5 Å². The summed E-state index contributed by atoms with van der Waals surface area (Å²) in [6, 6.07) is 3.46. The van der Waals surface area contributed by atoms with Crippen LogP contribution in [0.4, 0.5) is 5.13 Å². The van der Waals surface area contributed by atoms with Gasteiger partial charge in [-0.05, 0) is 37.1 Å². The molecule has 0 aliphatic carbocycles. The molecular weight excluding hydrogens is 350 g/mol. The Morgan fingerprint density at radius 3 is 2.79 bits per heavy atom. The monoisotopic (exact) mass is 367 g/mol. The minimum absolute atomic E-state index is 0.293. The highest BCUT2D eigenvalue weighted by Crippen LogP contribution is 2.36. The first-order chi connectivity index (χ1) is 11.6. The summed E-state index contributed by atoms with van der Waals surface area (Å²) >= 11 is 7.53. The Balaban J connectivity index is 2.11. The highest BCUT2D eigenvalue weighted by Gasteiger charge is 2.11. The van der Waals surface area contributed by atoms with Crippen molar-refractivity contribution in [1.29, 1.82) is 0 Å². The molecule has 2 aromatic rings. The van der Waals surface area contributed by atoms with E-state index in [2.05, 4.69) is 15.5 Å². The van der Waals surface area contributed by atoms with Crippen LogP contribution in [0, 0.1) is 0 Å². The lowest BCUT2D eigenvalue weighted by atomic mass is 10.2. The Labute approximate surface area is 149 Å². The number of anilines is 1. The summed E-state index contributed by atoms with van der Waals surface area (Å²) in [5, 5.41) is 12.3. The van der Waals surface area contributed by atoms with Crippen LogP contribution in [-0.2, 0) is 11.2 Å². The molecule has 0 aliphatic heterocycles. The molecular formula is C16H18ClN3O3S. The van der Waals surface area contributed by atoms with Crippen LogP contribution < -0.4 is 14.8 Å². The molecule has 0 atom stereocenters. The van der Waals surface area contributed by atoms with E-state index in [0.29, 0.717) is 28.3 Å². The van der Waals surface area contributed by atoms with E-state index in [4.69, 9.17) is 21.1 Å². The van der Waals surface area contributed by atoms with Crippen molar-refractivity contribution < 1.29 is 14.3 Å². The number of amides is 1. The summed E-state index contributed by atoms with van der Waals surface area (Å²) in [4.78, 5) is 12.0. The number of carbonyl (C=O) groups excluding carboxylic acids is 1. The van der Waals surface area contributed by atoms with E-state index in [-0.39, 0.29) is 5.91 Å². The van der Waals surface area contributed by atoms with Crippen LogP contribution >= 0.6 is 22.9 Å². The molecule has 0 unspecified atom stereocenters.